The van der Waals surface area contributed by atoms with Gasteiger partial charge in [0.25, 0.3) is 5.91 Å². The SMILES string of the molecule is Cc1cc(NC(=O)c2cc3ccccc3[nH]2)ccc1N1CCN(C)CC1. The van der Waals surface area contributed by atoms with Crippen molar-refractivity contribution < 1.29 is 4.79 Å². The highest BCUT2D eigenvalue weighted by molar-refractivity contribution is 6.06. The van der Waals surface area contributed by atoms with E-state index in [1.54, 1.807) is 0 Å². The van der Waals surface area contributed by atoms with Crippen molar-refractivity contribution in [3.63, 3.8) is 0 Å². The second-order valence-electron chi connectivity index (χ2n) is 7.02. The maximum atomic E-state index is 12.6. The molecule has 0 spiro atoms. The maximum absolute atomic E-state index is 12.6. The van der Waals surface area contributed by atoms with Crippen molar-refractivity contribution in [3.8, 4) is 0 Å². The predicted octanol–water partition coefficient (Wildman–Crippen LogP) is 3.48. The first-order chi connectivity index (χ1) is 12.6. The fourth-order valence-electron chi connectivity index (χ4n) is 3.53. The van der Waals surface area contributed by atoms with Crippen molar-refractivity contribution in [3.05, 3.63) is 59.8 Å². The number of aromatic nitrogens is 1. The summed E-state index contributed by atoms with van der Waals surface area (Å²) in [5, 5.41) is 4.04. The number of nitrogens with one attached hydrogen (secondary N) is 2. The van der Waals surface area contributed by atoms with Gasteiger partial charge in [0.2, 0.25) is 0 Å². The van der Waals surface area contributed by atoms with Crippen LogP contribution in [0.5, 0.6) is 0 Å². The smallest absolute Gasteiger partial charge is 0.272 e. The number of para-hydroxylation sites is 1. The zero-order valence-electron chi connectivity index (χ0n) is 15.2. The second-order valence-corrected chi connectivity index (χ2v) is 7.02. The normalized spacial score (nSPS) is 15.4. The van der Waals surface area contributed by atoms with Gasteiger partial charge in [-0.25, -0.2) is 0 Å². The Hall–Kier alpha value is -2.79. The predicted molar refractivity (Wildman–Crippen MR) is 107 cm³/mol. The Morgan fingerprint density at radius 2 is 1.81 bits per heavy atom. The highest BCUT2D eigenvalue weighted by atomic mass is 16.1. The molecule has 1 aliphatic heterocycles. The van der Waals surface area contributed by atoms with Crippen LogP contribution in [0.15, 0.2) is 48.5 Å². The van der Waals surface area contributed by atoms with Crippen molar-refractivity contribution in [2.24, 2.45) is 0 Å². The molecule has 0 radical (unpaired) electrons. The molecule has 2 N–H and O–H groups in total. The van der Waals surface area contributed by atoms with E-state index in [0.29, 0.717) is 5.69 Å². The summed E-state index contributed by atoms with van der Waals surface area (Å²) < 4.78 is 0. The van der Waals surface area contributed by atoms with Crippen LogP contribution in [0.4, 0.5) is 11.4 Å². The molecule has 1 amide bonds. The molecular weight excluding hydrogens is 324 g/mol. The summed E-state index contributed by atoms with van der Waals surface area (Å²) in [5.41, 5.74) is 4.81. The summed E-state index contributed by atoms with van der Waals surface area (Å²) in [5.74, 6) is -0.118. The minimum absolute atomic E-state index is 0.118. The fourth-order valence-corrected chi connectivity index (χ4v) is 3.53. The molecule has 2 heterocycles. The van der Waals surface area contributed by atoms with Crippen LogP contribution in [0.1, 0.15) is 16.1 Å². The lowest BCUT2D eigenvalue weighted by Crippen LogP contribution is -2.44. The number of hydrogen-bond donors (Lipinski definition) is 2. The highest BCUT2D eigenvalue weighted by Gasteiger charge is 2.16. The van der Waals surface area contributed by atoms with Gasteiger partial charge in [-0.2, -0.15) is 0 Å². The Morgan fingerprint density at radius 3 is 2.54 bits per heavy atom. The summed E-state index contributed by atoms with van der Waals surface area (Å²) in [4.78, 5) is 20.5. The number of benzene rings is 2. The third kappa shape index (κ3) is 3.30. The van der Waals surface area contributed by atoms with Gasteiger partial charge < -0.3 is 20.1 Å². The highest BCUT2D eigenvalue weighted by Crippen LogP contribution is 2.25. The molecule has 26 heavy (non-hydrogen) atoms. The molecule has 1 fully saturated rings. The molecule has 5 nitrogen and oxygen atoms in total. The Morgan fingerprint density at radius 1 is 1.04 bits per heavy atom. The summed E-state index contributed by atoms with van der Waals surface area (Å²) in [6.45, 7) is 6.35. The molecule has 134 valence electrons. The summed E-state index contributed by atoms with van der Waals surface area (Å²) in [7, 11) is 2.16. The summed E-state index contributed by atoms with van der Waals surface area (Å²) in [6, 6.07) is 15.9. The number of rotatable bonds is 3. The van der Waals surface area contributed by atoms with Crippen molar-refractivity contribution in [2.45, 2.75) is 6.92 Å². The number of carbonyl (C=O) groups excluding carboxylic acids is 1. The third-order valence-electron chi connectivity index (χ3n) is 5.07. The Bertz CT molecular complexity index is 905. The van der Waals surface area contributed by atoms with E-state index in [4.69, 9.17) is 0 Å². The molecular formula is C21H24N4O. The fraction of sp³-hybridized carbons (Fsp3) is 0.286. The number of anilines is 2. The van der Waals surface area contributed by atoms with Crippen molar-refractivity contribution in [2.75, 3.05) is 43.4 Å². The maximum Gasteiger partial charge on any atom is 0.272 e. The van der Waals surface area contributed by atoms with Crippen LogP contribution in [0.2, 0.25) is 0 Å². The summed E-state index contributed by atoms with van der Waals surface area (Å²) >= 11 is 0. The summed E-state index contributed by atoms with van der Waals surface area (Å²) in [6.07, 6.45) is 0. The first-order valence-corrected chi connectivity index (χ1v) is 9.03. The lowest BCUT2D eigenvalue weighted by molar-refractivity contribution is 0.102. The van der Waals surface area contributed by atoms with Gasteiger partial charge in [-0.3, -0.25) is 4.79 Å². The van der Waals surface area contributed by atoms with Crippen LogP contribution < -0.4 is 10.2 Å². The van der Waals surface area contributed by atoms with E-state index in [-0.39, 0.29) is 5.91 Å². The molecule has 4 rings (SSSR count). The van der Waals surface area contributed by atoms with Gasteiger partial charge in [-0.05, 0) is 49.9 Å². The standard InChI is InChI=1S/C21H24N4O/c1-15-13-17(7-8-20(15)25-11-9-24(2)10-12-25)22-21(26)19-14-16-5-3-4-6-18(16)23-19/h3-8,13-14,23H,9-12H2,1-2H3,(H,22,26). The molecule has 2 aromatic carbocycles. The first kappa shape index (κ1) is 16.7. The van der Waals surface area contributed by atoms with E-state index in [1.165, 1.54) is 11.3 Å². The largest absolute Gasteiger partial charge is 0.369 e. The third-order valence-corrected chi connectivity index (χ3v) is 5.07. The molecule has 0 aliphatic carbocycles. The Kier molecular flexibility index (Phi) is 4.39. The van der Waals surface area contributed by atoms with Crippen molar-refractivity contribution in [1.82, 2.24) is 9.88 Å². The van der Waals surface area contributed by atoms with Crippen LogP contribution in [0, 0.1) is 6.92 Å². The monoisotopic (exact) mass is 348 g/mol. The number of aryl methyl sites for hydroxylation is 1. The van der Waals surface area contributed by atoms with E-state index in [9.17, 15) is 4.79 Å². The Labute approximate surface area is 153 Å². The topological polar surface area (TPSA) is 51.4 Å². The number of fused-ring (bicyclic) bond motifs is 1. The lowest BCUT2D eigenvalue weighted by atomic mass is 10.1. The molecule has 3 aromatic rings. The van der Waals surface area contributed by atoms with Crippen LogP contribution in [0.25, 0.3) is 10.9 Å². The number of aromatic amines is 1. The molecule has 0 atom stereocenters. The van der Waals surface area contributed by atoms with Gasteiger partial charge in [0, 0.05) is 48.5 Å². The van der Waals surface area contributed by atoms with Crippen LogP contribution in [0.3, 0.4) is 0 Å². The molecule has 0 saturated carbocycles. The molecule has 1 aromatic heterocycles. The number of likely N-dealkylation sites (N-methyl/N-ethyl adjacent to an activating group) is 1. The molecule has 1 saturated heterocycles. The van der Waals surface area contributed by atoms with Crippen LogP contribution >= 0.6 is 0 Å². The van der Waals surface area contributed by atoms with Gasteiger partial charge in [-0.1, -0.05) is 18.2 Å². The van der Waals surface area contributed by atoms with E-state index >= 15 is 0 Å². The molecule has 0 bridgehead atoms. The minimum atomic E-state index is -0.118. The van der Waals surface area contributed by atoms with Crippen molar-refractivity contribution in [1.29, 1.82) is 0 Å². The van der Waals surface area contributed by atoms with Gasteiger partial charge in [-0.15, -0.1) is 0 Å². The first-order valence-electron chi connectivity index (χ1n) is 9.03. The number of hydrogen-bond acceptors (Lipinski definition) is 3. The van der Waals surface area contributed by atoms with Crippen molar-refractivity contribution >= 4 is 28.2 Å². The second kappa shape index (κ2) is 6.84. The number of amides is 1. The Balaban J connectivity index is 1.49. The number of H-pyrrole nitrogens is 1. The van der Waals surface area contributed by atoms with Gasteiger partial charge in [0.15, 0.2) is 0 Å². The van der Waals surface area contributed by atoms with E-state index in [0.717, 1.165) is 42.8 Å². The zero-order valence-corrected chi connectivity index (χ0v) is 15.2. The molecule has 0 unspecified atom stereocenters. The van der Waals surface area contributed by atoms with Gasteiger partial charge in [0.05, 0.1) is 0 Å². The number of nitrogens with zero attached hydrogens (tertiary/aromatic N) is 2. The van der Waals surface area contributed by atoms with Gasteiger partial charge >= 0.3 is 0 Å². The van der Waals surface area contributed by atoms with E-state index < -0.39 is 0 Å². The van der Waals surface area contributed by atoms with Crippen LogP contribution in [-0.2, 0) is 0 Å². The lowest BCUT2D eigenvalue weighted by Gasteiger charge is -2.35. The average Bonchev–Trinajstić information content (AvgIpc) is 3.07. The molecule has 1 aliphatic rings. The zero-order chi connectivity index (χ0) is 18.1. The van der Waals surface area contributed by atoms with E-state index in [2.05, 4.69) is 40.1 Å². The van der Waals surface area contributed by atoms with E-state index in [1.807, 2.05) is 42.5 Å². The number of carbonyl (C=O) groups is 1. The number of piperazine rings is 1. The minimum Gasteiger partial charge on any atom is -0.369 e. The average molecular weight is 348 g/mol. The van der Waals surface area contributed by atoms with Crippen LogP contribution in [-0.4, -0.2) is 49.0 Å². The quantitative estimate of drug-likeness (QED) is 0.762. The molecule has 5 heteroatoms. The van der Waals surface area contributed by atoms with Gasteiger partial charge in [0.1, 0.15) is 5.69 Å².